The summed E-state index contributed by atoms with van der Waals surface area (Å²) < 4.78 is 6.03. The van der Waals surface area contributed by atoms with E-state index in [2.05, 4.69) is 10.1 Å². The second-order valence-corrected chi connectivity index (χ2v) is 5.80. The van der Waals surface area contributed by atoms with E-state index in [-0.39, 0.29) is 35.5 Å². The van der Waals surface area contributed by atoms with Gasteiger partial charge in [-0.2, -0.15) is 9.61 Å². The molecule has 27 heavy (non-hydrogen) atoms. The Morgan fingerprint density at radius 3 is 2.63 bits per heavy atom. The fourth-order valence-corrected chi connectivity index (χ4v) is 2.75. The van der Waals surface area contributed by atoms with Crippen LogP contribution < -0.4 is 5.56 Å². The predicted molar refractivity (Wildman–Crippen MR) is 94.1 cm³/mol. The van der Waals surface area contributed by atoms with Gasteiger partial charge in [-0.25, -0.2) is 4.79 Å². The fourth-order valence-electron chi connectivity index (χ4n) is 2.75. The van der Waals surface area contributed by atoms with Gasteiger partial charge in [-0.1, -0.05) is 12.1 Å². The molecule has 3 aromatic rings. The zero-order valence-electron chi connectivity index (χ0n) is 14.6. The molecule has 1 aromatic carbocycles. The number of aromatic amines is 1. The number of fused-ring (bicyclic) bond motifs is 1. The molecule has 140 valence electrons. The monoisotopic (exact) mass is 372 g/mol. The number of nitrogens with zero attached hydrogens (tertiary/aromatic N) is 3. The molecule has 10 heteroatoms. The number of aromatic hydroxyl groups is 1. The number of hydrogen-bond donors (Lipinski definition) is 2. The Morgan fingerprint density at radius 2 is 2.04 bits per heavy atom. The van der Waals surface area contributed by atoms with Gasteiger partial charge in [-0.15, -0.1) is 0 Å². The maximum absolute atomic E-state index is 12.5. The zero-order valence-corrected chi connectivity index (χ0v) is 14.6. The smallest absolute Gasteiger partial charge is 0.343 e. The number of aryl methyl sites for hydroxylation is 1. The van der Waals surface area contributed by atoms with Crippen LogP contribution in [0.1, 0.15) is 34.1 Å². The van der Waals surface area contributed by atoms with Crippen LogP contribution in [-0.2, 0) is 11.2 Å². The van der Waals surface area contributed by atoms with Gasteiger partial charge in [0.2, 0.25) is 5.88 Å². The van der Waals surface area contributed by atoms with E-state index < -0.39 is 22.3 Å². The van der Waals surface area contributed by atoms with E-state index in [1.807, 2.05) is 0 Å². The van der Waals surface area contributed by atoms with Crippen molar-refractivity contribution in [3.05, 3.63) is 67.1 Å². The molecule has 0 atom stereocenters. The van der Waals surface area contributed by atoms with Crippen molar-refractivity contribution in [3.63, 3.8) is 0 Å². The van der Waals surface area contributed by atoms with Gasteiger partial charge >= 0.3 is 5.97 Å². The molecule has 0 radical (unpaired) electrons. The van der Waals surface area contributed by atoms with Crippen molar-refractivity contribution in [3.8, 4) is 5.88 Å². The summed E-state index contributed by atoms with van der Waals surface area (Å²) in [5.41, 5.74) is 0.362. The highest BCUT2D eigenvalue weighted by Gasteiger charge is 2.23. The van der Waals surface area contributed by atoms with Crippen molar-refractivity contribution in [1.82, 2.24) is 14.6 Å². The third kappa shape index (κ3) is 3.24. The second-order valence-electron chi connectivity index (χ2n) is 5.80. The molecule has 0 fully saturated rings. The average molecular weight is 372 g/mol. The van der Waals surface area contributed by atoms with Crippen LogP contribution in [0.3, 0.4) is 0 Å². The van der Waals surface area contributed by atoms with Crippen molar-refractivity contribution in [2.24, 2.45) is 0 Å². The molecular weight excluding hydrogens is 356 g/mol. The van der Waals surface area contributed by atoms with Gasteiger partial charge < -0.3 is 14.8 Å². The molecule has 2 aromatic heterocycles. The first-order valence-electron chi connectivity index (χ1n) is 8.07. The van der Waals surface area contributed by atoms with Crippen LogP contribution in [0, 0.1) is 17.0 Å². The third-order valence-corrected chi connectivity index (χ3v) is 4.04. The van der Waals surface area contributed by atoms with Crippen LogP contribution >= 0.6 is 0 Å². The first kappa shape index (κ1) is 18.1. The van der Waals surface area contributed by atoms with Gasteiger partial charge in [0.05, 0.1) is 22.8 Å². The summed E-state index contributed by atoms with van der Waals surface area (Å²) in [7, 11) is 0. The molecule has 10 nitrogen and oxygen atoms in total. The number of nitro benzene ring substituents is 1. The lowest BCUT2D eigenvalue weighted by molar-refractivity contribution is -0.384. The minimum absolute atomic E-state index is 0.0225. The summed E-state index contributed by atoms with van der Waals surface area (Å²) in [5.74, 6) is -1.06. The SMILES string of the molecule is CCOC(=O)c1c(C)nn2c(O)c(Cc3ccc([N+](=O)[O-])cc3)c(=O)[nH]c12. The molecule has 0 saturated heterocycles. The number of nitrogens with one attached hydrogen (secondary N) is 1. The van der Waals surface area contributed by atoms with Gasteiger partial charge in [-0.3, -0.25) is 14.9 Å². The van der Waals surface area contributed by atoms with E-state index in [1.165, 1.54) is 24.3 Å². The molecule has 0 saturated carbocycles. The first-order chi connectivity index (χ1) is 12.8. The van der Waals surface area contributed by atoms with Crippen molar-refractivity contribution >= 4 is 17.3 Å². The van der Waals surface area contributed by atoms with Gasteiger partial charge in [0.25, 0.3) is 11.2 Å². The number of carbonyl (C=O) groups excluding carboxylic acids is 1. The van der Waals surface area contributed by atoms with E-state index in [0.717, 1.165) is 4.52 Å². The molecule has 0 amide bonds. The van der Waals surface area contributed by atoms with Gasteiger partial charge in [0, 0.05) is 18.6 Å². The Morgan fingerprint density at radius 1 is 1.37 bits per heavy atom. The molecule has 0 unspecified atom stereocenters. The first-order valence-corrected chi connectivity index (χ1v) is 8.07. The minimum Gasteiger partial charge on any atom is -0.493 e. The number of rotatable bonds is 5. The zero-order chi connectivity index (χ0) is 19.7. The van der Waals surface area contributed by atoms with Gasteiger partial charge in [0.1, 0.15) is 5.56 Å². The lowest BCUT2D eigenvalue weighted by Crippen LogP contribution is -2.17. The highest BCUT2D eigenvalue weighted by Crippen LogP contribution is 2.23. The number of nitro groups is 1. The Balaban J connectivity index is 2.06. The number of non-ortho nitro benzene ring substituents is 1. The molecular formula is C17H16N4O6. The molecule has 3 rings (SSSR count). The topological polar surface area (TPSA) is 140 Å². The Bertz CT molecular complexity index is 1100. The van der Waals surface area contributed by atoms with Crippen molar-refractivity contribution in [2.75, 3.05) is 6.61 Å². The summed E-state index contributed by atoms with van der Waals surface area (Å²) in [6.45, 7) is 3.37. The molecule has 2 N–H and O–H groups in total. The molecule has 0 spiro atoms. The molecule has 0 aliphatic rings. The minimum atomic E-state index is -0.650. The van der Waals surface area contributed by atoms with E-state index in [9.17, 15) is 24.8 Å². The molecule has 2 heterocycles. The Labute approximate surface area is 152 Å². The van der Waals surface area contributed by atoms with Gasteiger partial charge in [-0.05, 0) is 19.4 Å². The second kappa shape index (κ2) is 6.90. The summed E-state index contributed by atoms with van der Waals surface area (Å²) in [6, 6.07) is 5.63. The number of benzene rings is 1. The van der Waals surface area contributed by atoms with Crippen LogP contribution in [0.25, 0.3) is 5.65 Å². The lowest BCUT2D eigenvalue weighted by atomic mass is 10.1. The average Bonchev–Trinajstić information content (AvgIpc) is 2.95. The van der Waals surface area contributed by atoms with Crippen molar-refractivity contribution < 1.29 is 19.6 Å². The number of ether oxygens (including phenoxy) is 1. The van der Waals surface area contributed by atoms with Crippen LogP contribution in [0.2, 0.25) is 0 Å². The quantitative estimate of drug-likeness (QED) is 0.395. The Hall–Kier alpha value is -3.69. The van der Waals surface area contributed by atoms with Crippen LogP contribution in [0.5, 0.6) is 5.88 Å². The molecule has 0 bridgehead atoms. The normalized spacial score (nSPS) is 10.9. The summed E-state index contributed by atoms with van der Waals surface area (Å²) in [6.07, 6.45) is 0.0305. The summed E-state index contributed by atoms with van der Waals surface area (Å²) in [5, 5.41) is 25.3. The largest absolute Gasteiger partial charge is 0.493 e. The lowest BCUT2D eigenvalue weighted by Gasteiger charge is -2.06. The Kier molecular flexibility index (Phi) is 4.63. The van der Waals surface area contributed by atoms with Crippen LogP contribution in [-0.4, -0.2) is 37.2 Å². The predicted octanol–water partition coefficient (Wildman–Crippen LogP) is 1.71. The van der Waals surface area contributed by atoms with Crippen LogP contribution in [0.4, 0.5) is 5.69 Å². The third-order valence-electron chi connectivity index (χ3n) is 4.04. The highest BCUT2D eigenvalue weighted by molar-refractivity contribution is 5.97. The molecule has 0 aliphatic heterocycles. The highest BCUT2D eigenvalue weighted by atomic mass is 16.6. The van der Waals surface area contributed by atoms with Crippen molar-refractivity contribution in [1.29, 1.82) is 0 Å². The van der Waals surface area contributed by atoms with E-state index >= 15 is 0 Å². The number of aromatic nitrogens is 3. The number of H-pyrrole nitrogens is 1. The number of esters is 1. The van der Waals surface area contributed by atoms with Crippen LogP contribution in [0.15, 0.2) is 29.1 Å². The van der Waals surface area contributed by atoms with Crippen molar-refractivity contribution in [2.45, 2.75) is 20.3 Å². The van der Waals surface area contributed by atoms with E-state index in [1.54, 1.807) is 13.8 Å². The fraction of sp³-hybridized carbons (Fsp3) is 0.235. The summed E-state index contributed by atoms with van der Waals surface area (Å²) >= 11 is 0. The maximum atomic E-state index is 12.5. The number of hydrogen-bond acceptors (Lipinski definition) is 7. The standard InChI is InChI=1S/C17H16N4O6/c1-3-27-17(24)13-9(2)19-20-14(13)18-15(22)12(16(20)23)8-10-4-6-11(7-5-10)21(25)26/h4-7,23H,3,8H2,1-2H3,(H,18,22). The van der Waals surface area contributed by atoms with E-state index in [4.69, 9.17) is 4.74 Å². The number of carbonyl (C=O) groups is 1. The molecule has 0 aliphatic carbocycles. The maximum Gasteiger partial charge on any atom is 0.343 e. The summed E-state index contributed by atoms with van der Waals surface area (Å²) in [4.78, 5) is 37.3. The van der Waals surface area contributed by atoms with Gasteiger partial charge in [0.15, 0.2) is 5.65 Å². The van der Waals surface area contributed by atoms with E-state index in [0.29, 0.717) is 11.3 Å².